The average Bonchev–Trinajstić information content (AvgIpc) is 2.83. The quantitative estimate of drug-likeness (QED) is 0.890. The summed E-state index contributed by atoms with van der Waals surface area (Å²) in [5, 5.41) is 6.77. The summed E-state index contributed by atoms with van der Waals surface area (Å²) in [7, 11) is 0. The number of hydrogen-bond donors (Lipinski definition) is 2. The highest BCUT2D eigenvalue weighted by Crippen LogP contribution is 2.69. The molecule has 0 saturated heterocycles. The van der Waals surface area contributed by atoms with Gasteiger partial charge in [-0.2, -0.15) is 0 Å². The Morgan fingerprint density at radius 3 is 2.61 bits per heavy atom. The zero-order chi connectivity index (χ0) is 16.7. The van der Waals surface area contributed by atoms with Crippen molar-refractivity contribution in [2.75, 3.05) is 6.54 Å². The first-order valence-corrected chi connectivity index (χ1v) is 8.30. The zero-order valence-electron chi connectivity index (χ0n) is 14.0. The van der Waals surface area contributed by atoms with Crippen molar-refractivity contribution in [1.29, 1.82) is 0 Å². The molecule has 0 radical (unpaired) electrons. The normalized spacial score (nSPS) is 26.0. The number of nitrogens with zero attached hydrogens (tertiary/aromatic N) is 1. The van der Waals surface area contributed by atoms with Gasteiger partial charge in [-0.3, -0.25) is 9.51 Å². The van der Waals surface area contributed by atoms with Crippen LogP contribution >= 0.6 is 0 Å². The lowest BCUT2D eigenvalue weighted by atomic mass is 9.79. The molecule has 23 heavy (non-hydrogen) atoms. The summed E-state index contributed by atoms with van der Waals surface area (Å²) in [6, 6.07) is 0. The van der Waals surface area contributed by atoms with E-state index in [1.165, 1.54) is 19.3 Å². The van der Waals surface area contributed by atoms with Gasteiger partial charge in [-0.15, -0.1) is 0 Å². The first-order valence-electron chi connectivity index (χ1n) is 8.30. The summed E-state index contributed by atoms with van der Waals surface area (Å²) in [5.41, 5.74) is -0.762. The Labute approximate surface area is 135 Å². The molecule has 1 aromatic heterocycles. The molecular formula is C16H25N3O4. The van der Waals surface area contributed by atoms with Crippen LogP contribution in [0.2, 0.25) is 0 Å². The van der Waals surface area contributed by atoms with Crippen LogP contribution in [0.15, 0.2) is 9.32 Å². The fraction of sp³-hybridized carbons (Fsp3) is 0.812. The number of ether oxygens (including phenoxy) is 1. The van der Waals surface area contributed by atoms with Crippen molar-refractivity contribution in [3.63, 3.8) is 0 Å². The second-order valence-electron chi connectivity index (χ2n) is 7.90. The SMILES string of the molecule is CC(C)(C)OC(=O)NCC1(c2noc(=O)[nH]2)CC12CCCCC2. The van der Waals surface area contributed by atoms with Gasteiger partial charge in [0.25, 0.3) is 0 Å². The lowest BCUT2D eigenvalue weighted by molar-refractivity contribution is 0.0517. The van der Waals surface area contributed by atoms with Gasteiger partial charge in [0.1, 0.15) is 5.60 Å². The lowest BCUT2D eigenvalue weighted by Crippen LogP contribution is -2.40. The van der Waals surface area contributed by atoms with Crippen LogP contribution in [0.1, 0.15) is 65.1 Å². The highest BCUT2D eigenvalue weighted by atomic mass is 16.6. The highest BCUT2D eigenvalue weighted by Gasteiger charge is 2.69. The van der Waals surface area contributed by atoms with E-state index in [1.807, 2.05) is 20.8 Å². The van der Waals surface area contributed by atoms with Crippen molar-refractivity contribution in [3.8, 4) is 0 Å². The van der Waals surface area contributed by atoms with Crippen LogP contribution in [0.4, 0.5) is 4.79 Å². The van der Waals surface area contributed by atoms with Crippen LogP contribution in [-0.2, 0) is 10.2 Å². The number of rotatable bonds is 3. The molecule has 1 aromatic rings. The molecule has 1 atom stereocenters. The molecule has 7 heteroatoms. The Balaban J connectivity index is 1.76. The van der Waals surface area contributed by atoms with Crippen LogP contribution in [-0.4, -0.2) is 28.4 Å². The van der Waals surface area contributed by atoms with Gasteiger partial charge in [0.2, 0.25) is 0 Å². The number of H-pyrrole nitrogens is 1. The van der Waals surface area contributed by atoms with Crippen LogP contribution in [0.3, 0.4) is 0 Å². The van der Waals surface area contributed by atoms with Crippen molar-refractivity contribution < 1.29 is 14.1 Å². The average molecular weight is 323 g/mol. The molecule has 3 rings (SSSR count). The summed E-state index contributed by atoms with van der Waals surface area (Å²) < 4.78 is 10.0. The molecule has 2 fully saturated rings. The Morgan fingerprint density at radius 1 is 1.35 bits per heavy atom. The smallest absolute Gasteiger partial charge is 0.438 e. The highest BCUT2D eigenvalue weighted by molar-refractivity contribution is 5.68. The first-order chi connectivity index (χ1) is 10.8. The summed E-state index contributed by atoms with van der Waals surface area (Å²) in [5.74, 6) is 0.00922. The third kappa shape index (κ3) is 3.01. The maximum Gasteiger partial charge on any atom is 0.438 e. The van der Waals surface area contributed by atoms with Crippen molar-refractivity contribution in [1.82, 2.24) is 15.5 Å². The molecule has 2 aliphatic rings. The number of carbonyl (C=O) groups is 1. The third-order valence-corrected chi connectivity index (χ3v) is 5.17. The van der Waals surface area contributed by atoms with Crippen LogP contribution in [0.25, 0.3) is 0 Å². The molecule has 2 saturated carbocycles. The van der Waals surface area contributed by atoms with Crippen molar-refractivity contribution in [2.45, 2.75) is 70.3 Å². The third-order valence-electron chi connectivity index (χ3n) is 5.17. The standard InChI is InChI=1S/C16H25N3O4/c1-14(2,3)22-12(20)17-10-16(11-18-13(21)23-19-11)9-15(16)7-5-4-6-8-15/h4-10H2,1-3H3,(H,17,20)(H,18,19,21). The second kappa shape index (κ2) is 5.39. The zero-order valence-corrected chi connectivity index (χ0v) is 14.0. The Bertz CT molecular complexity index is 636. The summed E-state index contributed by atoms with van der Waals surface area (Å²) >= 11 is 0. The molecule has 128 valence electrons. The Kier molecular flexibility index (Phi) is 3.77. The Morgan fingerprint density at radius 2 is 2.04 bits per heavy atom. The molecule has 0 aliphatic heterocycles. The Hall–Kier alpha value is -1.79. The molecule has 2 N–H and O–H groups in total. The van der Waals surface area contributed by atoms with E-state index in [2.05, 4.69) is 15.5 Å². The van der Waals surface area contributed by atoms with Crippen molar-refractivity contribution in [3.05, 3.63) is 16.4 Å². The fourth-order valence-electron chi connectivity index (χ4n) is 4.06. The maximum absolute atomic E-state index is 12.0. The number of hydrogen-bond acceptors (Lipinski definition) is 5. The van der Waals surface area contributed by atoms with E-state index < -0.39 is 17.5 Å². The van der Waals surface area contributed by atoms with Crippen LogP contribution in [0.5, 0.6) is 0 Å². The number of aromatic amines is 1. The van der Waals surface area contributed by atoms with E-state index in [-0.39, 0.29) is 10.8 Å². The van der Waals surface area contributed by atoms with Gasteiger partial charge < -0.3 is 10.1 Å². The topological polar surface area (TPSA) is 97.2 Å². The minimum Gasteiger partial charge on any atom is -0.444 e. The van der Waals surface area contributed by atoms with Crippen LogP contribution < -0.4 is 11.1 Å². The van der Waals surface area contributed by atoms with E-state index in [9.17, 15) is 9.59 Å². The molecule has 7 nitrogen and oxygen atoms in total. The van der Waals surface area contributed by atoms with Gasteiger partial charge in [-0.1, -0.05) is 24.4 Å². The molecule has 0 bridgehead atoms. The van der Waals surface area contributed by atoms with Gasteiger partial charge in [-0.25, -0.2) is 9.59 Å². The van der Waals surface area contributed by atoms with E-state index in [0.717, 1.165) is 19.3 Å². The van der Waals surface area contributed by atoms with E-state index in [1.54, 1.807) is 0 Å². The van der Waals surface area contributed by atoms with E-state index in [4.69, 9.17) is 9.26 Å². The fourth-order valence-corrected chi connectivity index (χ4v) is 4.06. The summed E-state index contributed by atoms with van der Waals surface area (Å²) in [6.07, 6.45) is 6.26. The molecule has 0 aromatic carbocycles. The number of alkyl carbamates (subject to hydrolysis) is 1. The van der Waals surface area contributed by atoms with Gasteiger partial charge >= 0.3 is 11.8 Å². The minimum absolute atomic E-state index is 0.111. The van der Waals surface area contributed by atoms with Crippen LogP contribution in [0, 0.1) is 5.41 Å². The minimum atomic E-state index is -0.547. The predicted molar refractivity (Wildman–Crippen MR) is 83.2 cm³/mol. The first kappa shape index (κ1) is 16.1. The second-order valence-corrected chi connectivity index (χ2v) is 7.90. The van der Waals surface area contributed by atoms with E-state index >= 15 is 0 Å². The molecule has 1 amide bonds. The summed E-state index contributed by atoms with van der Waals surface area (Å²) in [6.45, 7) is 5.90. The van der Waals surface area contributed by atoms with Gasteiger partial charge in [0.15, 0.2) is 5.82 Å². The molecule has 1 spiro atoms. The molecule has 2 aliphatic carbocycles. The maximum atomic E-state index is 12.0. The van der Waals surface area contributed by atoms with Gasteiger partial charge in [-0.05, 0) is 45.4 Å². The monoisotopic (exact) mass is 323 g/mol. The number of nitrogens with one attached hydrogen (secondary N) is 2. The number of carbonyl (C=O) groups excluding carboxylic acids is 1. The molecular weight excluding hydrogens is 298 g/mol. The molecule has 1 unspecified atom stereocenters. The number of amides is 1. The summed E-state index contributed by atoms with van der Waals surface area (Å²) in [4.78, 5) is 26.1. The lowest BCUT2D eigenvalue weighted by Gasteiger charge is -2.28. The van der Waals surface area contributed by atoms with E-state index in [0.29, 0.717) is 12.4 Å². The largest absolute Gasteiger partial charge is 0.444 e. The predicted octanol–water partition coefficient (Wildman–Crippen LogP) is 2.48. The number of aromatic nitrogens is 2. The van der Waals surface area contributed by atoms with Crippen molar-refractivity contribution in [2.24, 2.45) is 5.41 Å². The molecule has 1 heterocycles. The van der Waals surface area contributed by atoms with Gasteiger partial charge in [0.05, 0.1) is 5.41 Å². The van der Waals surface area contributed by atoms with Crippen molar-refractivity contribution >= 4 is 6.09 Å². The van der Waals surface area contributed by atoms with Gasteiger partial charge in [0, 0.05) is 6.54 Å².